The van der Waals surface area contributed by atoms with Crippen molar-refractivity contribution in [3.05, 3.63) is 21.9 Å². The zero-order chi connectivity index (χ0) is 10.1. The predicted molar refractivity (Wildman–Crippen MR) is 59.7 cm³/mol. The number of hydrogen-bond acceptors (Lipinski definition) is 2. The lowest BCUT2D eigenvalue weighted by atomic mass is 9.79. The highest BCUT2D eigenvalue weighted by atomic mass is 32.1. The fraction of sp³-hybridized carbons (Fsp3) is 0.583. The Morgan fingerprint density at radius 2 is 2.43 bits per heavy atom. The van der Waals surface area contributed by atoms with Gasteiger partial charge in [-0.05, 0) is 49.1 Å². The van der Waals surface area contributed by atoms with Crippen LogP contribution in [-0.2, 0) is 17.6 Å². The van der Waals surface area contributed by atoms with Gasteiger partial charge in [0.1, 0.15) is 5.78 Å². The molecule has 1 aliphatic carbocycles. The summed E-state index contributed by atoms with van der Waals surface area (Å²) in [5.41, 5.74) is 1.49. The third-order valence-electron chi connectivity index (χ3n) is 3.41. The number of rotatable bonds is 2. The maximum atomic E-state index is 11.3. The fourth-order valence-electron chi connectivity index (χ4n) is 2.23. The number of thiophene rings is 1. The minimum Gasteiger partial charge on any atom is -0.300 e. The molecule has 0 amide bonds. The Morgan fingerprint density at radius 3 is 3.14 bits per heavy atom. The van der Waals surface area contributed by atoms with Crippen LogP contribution in [0.5, 0.6) is 0 Å². The van der Waals surface area contributed by atoms with Gasteiger partial charge in [-0.1, -0.05) is 6.92 Å². The van der Waals surface area contributed by atoms with Crippen molar-refractivity contribution < 1.29 is 4.79 Å². The van der Waals surface area contributed by atoms with Crippen molar-refractivity contribution in [1.82, 2.24) is 0 Å². The average molecular weight is 208 g/mol. The van der Waals surface area contributed by atoms with E-state index in [0.717, 1.165) is 6.42 Å². The number of carbonyl (C=O) groups excluding carboxylic acids is 1. The fourth-order valence-corrected chi connectivity index (χ4v) is 3.16. The van der Waals surface area contributed by atoms with E-state index in [1.807, 2.05) is 11.3 Å². The smallest absolute Gasteiger partial charge is 0.132 e. The lowest BCUT2D eigenvalue weighted by molar-refractivity contribution is -0.121. The summed E-state index contributed by atoms with van der Waals surface area (Å²) in [6, 6.07) is 2.22. The summed E-state index contributed by atoms with van der Waals surface area (Å²) >= 11 is 1.86. The Balaban J connectivity index is 2.11. The van der Waals surface area contributed by atoms with Gasteiger partial charge in [0, 0.05) is 10.8 Å². The number of fused-ring (bicyclic) bond motifs is 1. The van der Waals surface area contributed by atoms with E-state index in [4.69, 9.17) is 0 Å². The molecule has 0 N–H and O–H groups in total. The molecule has 0 aromatic carbocycles. The van der Waals surface area contributed by atoms with Crippen LogP contribution in [0.2, 0.25) is 0 Å². The SMILES string of the molecule is CC(=O)C(C)C1CCc2sccc2C1. The van der Waals surface area contributed by atoms with Gasteiger partial charge in [0.25, 0.3) is 0 Å². The second kappa shape index (κ2) is 3.85. The van der Waals surface area contributed by atoms with Crippen LogP contribution >= 0.6 is 11.3 Å². The van der Waals surface area contributed by atoms with E-state index in [1.165, 1.54) is 23.3 Å². The summed E-state index contributed by atoms with van der Waals surface area (Å²) in [5, 5.41) is 2.17. The summed E-state index contributed by atoms with van der Waals surface area (Å²) in [7, 11) is 0. The molecule has 0 saturated carbocycles. The Morgan fingerprint density at radius 1 is 1.64 bits per heavy atom. The summed E-state index contributed by atoms with van der Waals surface area (Å²) < 4.78 is 0. The standard InChI is InChI=1S/C12H16OS/c1-8(9(2)13)10-3-4-12-11(7-10)5-6-14-12/h5-6,8,10H,3-4,7H2,1-2H3. The number of ketones is 1. The molecule has 14 heavy (non-hydrogen) atoms. The highest BCUT2D eigenvalue weighted by molar-refractivity contribution is 7.10. The predicted octanol–water partition coefficient (Wildman–Crippen LogP) is 3.08. The minimum atomic E-state index is 0.239. The molecular weight excluding hydrogens is 192 g/mol. The van der Waals surface area contributed by atoms with Gasteiger partial charge in [0.15, 0.2) is 0 Å². The molecule has 1 aromatic rings. The van der Waals surface area contributed by atoms with Gasteiger partial charge in [0.2, 0.25) is 0 Å². The summed E-state index contributed by atoms with van der Waals surface area (Å²) in [6.07, 6.45) is 3.48. The van der Waals surface area contributed by atoms with Crippen LogP contribution in [0.3, 0.4) is 0 Å². The molecule has 2 unspecified atom stereocenters. The summed E-state index contributed by atoms with van der Waals surface area (Å²) in [6.45, 7) is 3.79. The molecule has 76 valence electrons. The van der Waals surface area contributed by atoms with Crippen molar-refractivity contribution >= 4 is 17.1 Å². The van der Waals surface area contributed by atoms with Gasteiger partial charge in [-0.3, -0.25) is 4.79 Å². The topological polar surface area (TPSA) is 17.1 Å². The van der Waals surface area contributed by atoms with Crippen LogP contribution in [0.4, 0.5) is 0 Å². The van der Waals surface area contributed by atoms with Gasteiger partial charge in [-0.25, -0.2) is 0 Å². The first-order valence-electron chi connectivity index (χ1n) is 5.24. The molecule has 0 spiro atoms. The van der Waals surface area contributed by atoms with Gasteiger partial charge in [0.05, 0.1) is 0 Å². The van der Waals surface area contributed by atoms with E-state index in [2.05, 4.69) is 18.4 Å². The quantitative estimate of drug-likeness (QED) is 0.730. The monoisotopic (exact) mass is 208 g/mol. The van der Waals surface area contributed by atoms with E-state index in [-0.39, 0.29) is 5.92 Å². The van der Waals surface area contributed by atoms with Crippen molar-refractivity contribution in [2.75, 3.05) is 0 Å². The molecule has 1 aliphatic rings. The first kappa shape index (κ1) is 9.91. The van der Waals surface area contributed by atoms with Crippen molar-refractivity contribution in [2.45, 2.75) is 33.1 Å². The maximum Gasteiger partial charge on any atom is 0.132 e. The van der Waals surface area contributed by atoms with Crippen LogP contribution in [0, 0.1) is 11.8 Å². The lowest BCUT2D eigenvalue weighted by Gasteiger charge is -2.26. The molecule has 1 nitrogen and oxygen atoms in total. The first-order valence-corrected chi connectivity index (χ1v) is 6.12. The molecule has 0 aliphatic heterocycles. The van der Waals surface area contributed by atoms with E-state index >= 15 is 0 Å². The average Bonchev–Trinajstić information content (AvgIpc) is 2.62. The molecule has 0 saturated heterocycles. The second-order valence-corrected chi connectivity index (χ2v) is 5.27. The van der Waals surface area contributed by atoms with Crippen molar-refractivity contribution in [3.8, 4) is 0 Å². The molecule has 2 heteroatoms. The molecule has 0 fully saturated rings. The Labute approximate surface area is 89.1 Å². The first-order chi connectivity index (χ1) is 6.68. The van der Waals surface area contributed by atoms with Gasteiger partial charge in [-0.2, -0.15) is 0 Å². The van der Waals surface area contributed by atoms with E-state index in [9.17, 15) is 4.79 Å². The third kappa shape index (κ3) is 1.76. The maximum absolute atomic E-state index is 11.3. The highest BCUT2D eigenvalue weighted by Crippen LogP contribution is 2.33. The zero-order valence-corrected chi connectivity index (χ0v) is 9.56. The van der Waals surface area contributed by atoms with E-state index in [0.29, 0.717) is 11.7 Å². The Hall–Kier alpha value is -0.630. The molecule has 2 rings (SSSR count). The van der Waals surface area contributed by atoms with Crippen LogP contribution in [0.1, 0.15) is 30.7 Å². The molecule has 2 atom stereocenters. The van der Waals surface area contributed by atoms with Crippen molar-refractivity contribution in [2.24, 2.45) is 11.8 Å². The van der Waals surface area contributed by atoms with Crippen LogP contribution in [0.15, 0.2) is 11.4 Å². The van der Waals surface area contributed by atoms with Gasteiger partial charge < -0.3 is 0 Å². The van der Waals surface area contributed by atoms with Gasteiger partial charge >= 0.3 is 0 Å². The molecule has 1 heterocycles. The van der Waals surface area contributed by atoms with E-state index in [1.54, 1.807) is 6.92 Å². The number of carbonyl (C=O) groups is 1. The number of hydrogen-bond donors (Lipinski definition) is 0. The Bertz CT molecular complexity index is 340. The van der Waals surface area contributed by atoms with Crippen LogP contribution in [-0.4, -0.2) is 5.78 Å². The normalized spacial score (nSPS) is 22.9. The molecule has 0 bridgehead atoms. The van der Waals surface area contributed by atoms with Crippen LogP contribution < -0.4 is 0 Å². The molecule has 0 radical (unpaired) electrons. The summed E-state index contributed by atoms with van der Waals surface area (Å²) in [4.78, 5) is 12.8. The minimum absolute atomic E-state index is 0.239. The number of Topliss-reactive ketones (excluding diaryl/α,β-unsaturated/α-hetero) is 1. The third-order valence-corrected chi connectivity index (χ3v) is 4.43. The molecule has 1 aromatic heterocycles. The van der Waals surface area contributed by atoms with Crippen molar-refractivity contribution in [1.29, 1.82) is 0 Å². The highest BCUT2D eigenvalue weighted by Gasteiger charge is 2.26. The van der Waals surface area contributed by atoms with Gasteiger partial charge in [-0.15, -0.1) is 11.3 Å². The lowest BCUT2D eigenvalue weighted by Crippen LogP contribution is -2.24. The second-order valence-electron chi connectivity index (χ2n) is 4.27. The van der Waals surface area contributed by atoms with Crippen LogP contribution in [0.25, 0.3) is 0 Å². The largest absolute Gasteiger partial charge is 0.300 e. The number of aryl methyl sites for hydroxylation is 1. The summed E-state index contributed by atoms with van der Waals surface area (Å²) in [5.74, 6) is 1.16. The van der Waals surface area contributed by atoms with Crippen molar-refractivity contribution in [3.63, 3.8) is 0 Å². The Kier molecular flexibility index (Phi) is 2.73. The van der Waals surface area contributed by atoms with E-state index < -0.39 is 0 Å². The zero-order valence-electron chi connectivity index (χ0n) is 8.75. The molecular formula is C12H16OS.